The molecule has 0 bridgehead atoms. The van der Waals surface area contributed by atoms with Gasteiger partial charge in [-0.25, -0.2) is 4.98 Å². The number of imidazole rings is 1. The topological polar surface area (TPSA) is 55.1 Å². The molecule has 0 unspecified atom stereocenters. The summed E-state index contributed by atoms with van der Waals surface area (Å²) in [5.74, 6) is -0.819. The molecule has 0 aliphatic rings. The highest BCUT2D eigenvalue weighted by Gasteiger charge is 2.38. The van der Waals surface area contributed by atoms with Crippen LogP contribution in [0.4, 0.5) is 0 Å². The fourth-order valence-electron chi connectivity index (χ4n) is 3.90. The molecular formula is C25H23ClN2O2. The summed E-state index contributed by atoms with van der Waals surface area (Å²) in [6, 6.07) is 31.0. The molecule has 0 amide bonds. The summed E-state index contributed by atoms with van der Waals surface area (Å²) < 4.78 is 2.10. The third-order valence-corrected chi connectivity index (χ3v) is 5.19. The molecule has 4 rings (SSSR count). The minimum atomic E-state index is -0.819. The quantitative estimate of drug-likeness (QED) is 0.421. The van der Waals surface area contributed by atoms with Gasteiger partial charge in [0.1, 0.15) is 5.54 Å². The highest BCUT2D eigenvalue weighted by Crippen LogP contribution is 2.40. The molecule has 30 heavy (non-hydrogen) atoms. The Morgan fingerprint density at radius 2 is 1.23 bits per heavy atom. The van der Waals surface area contributed by atoms with Crippen LogP contribution in [0.2, 0.25) is 0 Å². The second-order valence-electron chi connectivity index (χ2n) is 6.97. The smallest absolute Gasteiger partial charge is 0.303 e. The van der Waals surface area contributed by atoms with E-state index in [4.69, 9.17) is 5.11 Å². The standard InChI is InChI=1S/C25H22N2O2.ClH/c28-24(29)17-16-23-18-27(19-26-23)25(20-10-4-1-5-11-20,21-12-6-2-7-13-21)22-14-8-3-9-15-22;/h1-15,18-19H,16-17H2,(H,28,29);1H. The average Bonchev–Trinajstić information content (AvgIpc) is 3.24. The van der Waals surface area contributed by atoms with Gasteiger partial charge >= 0.3 is 5.97 Å². The SMILES string of the molecule is Cl.O=C(O)CCc1cn(C(c2ccccc2)(c2ccccc2)c2ccccc2)cn1. The van der Waals surface area contributed by atoms with Crippen LogP contribution in [0.3, 0.4) is 0 Å². The molecule has 0 saturated heterocycles. The van der Waals surface area contributed by atoms with Crippen molar-refractivity contribution in [3.05, 3.63) is 126 Å². The molecule has 4 nitrogen and oxygen atoms in total. The summed E-state index contributed by atoms with van der Waals surface area (Å²) in [4.78, 5) is 15.5. The number of carbonyl (C=O) groups is 1. The Bertz CT molecular complexity index is 983. The van der Waals surface area contributed by atoms with Gasteiger partial charge in [-0.15, -0.1) is 12.4 Å². The van der Waals surface area contributed by atoms with Crippen LogP contribution in [-0.4, -0.2) is 20.6 Å². The highest BCUT2D eigenvalue weighted by atomic mass is 35.5. The van der Waals surface area contributed by atoms with Gasteiger partial charge in [0.05, 0.1) is 18.4 Å². The number of carboxylic acid groups (broad SMARTS) is 1. The molecule has 3 aromatic carbocycles. The number of carboxylic acids is 1. The number of nitrogens with zero attached hydrogens (tertiary/aromatic N) is 2. The van der Waals surface area contributed by atoms with Gasteiger partial charge in [-0.3, -0.25) is 4.79 Å². The molecule has 0 fully saturated rings. The molecule has 152 valence electrons. The predicted molar refractivity (Wildman–Crippen MR) is 120 cm³/mol. The lowest BCUT2D eigenvalue weighted by atomic mass is 9.77. The first-order valence-corrected chi connectivity index (χ1v) is 9.63. The van der Waals surface area contributed by atoms with Crippen LogP contribution in [0.1, 0.15) is 28.8 Å². The van der Waals surface area contributed by atoms with Gasteiger partial charge in [-0.1, -0.05) is 91.0 Å². The summed E-state index contributed by atoms with van der Waals surface area (Å²) >= 11 is 0. The zero-order valence-corrected chi connectivity index (χ0v) is 17.2. The second-order valence-corrected chi connectivity index (χ2v) is 6.97. The first-order valence-electron chi connectivity index (χ1n) is 9.63. The fourth-order valence-corrected chi connectivity index (χ4v) is 3.90. The normalized spacial score (nSPS) is 10.9. The summed E-state index contributed by atoms with van der Waals surface area (Å²) in [7, 11) is 0. The number of halogens is 1. The van der Waals surface area contributed by atoms with Crippen molar-refractivity contribution in [2.75, 3.05) is 0 Å². The van der Waals surface area contributed by atoms with Crippen molar-refractivity contribution in [3.63, 3.8) is 0 Å². The molecule has 1 aromatic heterocycles. The van der Waals surface area contributed by atoms with Crippen LogP contribution < -0.4 is 0 Å². The van der Waals surface area contributed by atoms with Gasteiger partial charge in [0, 0.05) is 12.6 Å². The van der Waals surface area contributed by atoms with E-state index in [-0.39, 0.29) is 18.8 Å². The molecule has 0 atom stereocenters. The Kier molecular flexibility index (Phi) is 6.70. The van der Waals surface area contributed by atoms with Crippen molar-refractivity contribution in [1.82, 2.24) is 9.55 Å². The number of aromatic nitrogens is 2. The van der Waals surface area contributed by atoms with Crippen molar-refractivity contribution >= 4 is 18.4 Å². The van der Waals surface area contributed by atoms with E-state index in [1.165, 1.54) is 0 Å². The monoisotopic (exact) mass is 418 g/mol. The van der Waals surface area contributed by atoms with Crippen LogP contribution in [-0.2, 0) is 16.8 Å². The number of hydrogen-bond donors (Lipinski definition) is 1. The number of benzene rings is 3. The second kappa shape index (κ2) is 9.42. The zero-order chi connectivity index (χ0) is 20.1. The Balaban J connectivity index is 0.00000256. The molecular weight excluding hydrogens is 396 g/mol. The third-order valence-electron chi connectivity index (χ3n) is 5.19. The van der Waals surface area contributed by atoms with Crippen LogP contribution in [0.15, 0.2) is 104 Å². The maximum absolute atomic E-state index is 11.0. The zero-order valence-electron chi connectivity index (χ0n) is 16.4. The maximum atomic E-state index is 11.0. The van der Waals surface area contributed by atoms with Crippen LogP contribution in [0, 0.1) is 0 Å². The van der Waals surface area contributed by atoms with Crippen LogP contribution in [0.25, 0.3) is 0 Å². The molecule has 0 saturated carbocycles. The number of rotatable bonds is 7. The summed E-state index contributed by atoms with van der Waals surface area (Å²) in [5.41, 5.74) is 3.48. The molecule has 0 aliphatic carbocycles. The van der Waals surface area contributed by atoms with E-state index in [0.717, 1.165) is 22.4 Å². The van der Waals surface area contributed by atoms with Crippen molar-refractivity contribution in [1.29, 1.82) is 0 Å². The minimum absolute atomic E-state index is 0. The average molecular weight is 419 g/mol. The third kappa shape index (κ3) is 4.00. The van der Waals surface area contributed by atoms with E-state index >= 15 is 0 Å². The van der Waals surface area contributed by atoms with E-state index in [9.17, 15) is 4.79 Å². The van der Waals surface area contributed by atoms with Gasteiger partial charge in [0.2, 0.25) is 0 Å². The van der Waals surface area contributed by atoms with E-state index in [1.807, 2.05) is 67.1 Å². The first-order chi connectivity index (χ1) is 14.2. The van der Waals surface area contributed by atoms with E-state index in [2.05, 4.69) is 45.9 Å². The number of hydrogen-bond acceptors (Lipinski definition) is 2. The minimum Gasteiger partial charge on any atom is -0.481 e. The first kappa shape index (κ1) is 21.3. The van der Waals surface area contributed by atoms with Crippen molar-refractivity contribution in [2.24, 2.45) is 0 Å². The summed E-state index contributed by atoms with van der Waals surface area (Å²) in [6.07, 6.45) is 4.24. The lowest BCUT2D eigenvalue weighted by Crippen LogP contribution is -2.36. The molecule has 0 radical (unpaired) electrons. The molecule has 1 heterocycles. The summed E-state index contributed by atoms with van der Waals surface area (Å²) in [6.45, 7) is 0. The molecule has 0 spiro atoms. The van der Waals surface area contributed by atoms with E-state index in [1.54, 1.807) is 0 Å². The van der Waals surface area contributed by atoms with E-state index in [0.29, 0.717) is 6.42 Å². The summed E-state index contributed by atoms with van der Waals surface area (Å²) in [5, 5.41) is 9.04. The number of aliphatic carboxylic acids is 1. The molecule has 5 heteroatoms. The van der Waals surface area contributed by atoms with Crippen molar-refractivity contribution < 1.29 is 9.90 Å². The maximum Gasteiger partial charge on any atom is 0.303 e. The van der Waals surface area contributed by atoms with Crippen LogP contribution in [0.5, 0.6) is 0 Å². The lowest BCUT2D eigenvalue weighted by Gasteiger charge is -2.37. The predicted octanol–water partition coefficient (Wildman–Crippen LogP) is 5.16. The fraction of sp³-hybridized carbons (Fsp3) is 0.120. The molecule has 4 aromatic rings. The van der Waals surface area contributed by atoms with Gasteiger partial charge in [-0.05, 0) is 16.7 Å². The Morgan fingerprint density at radius 3 is 1.63 bits per heavy atom. The van der Waals surface area contributed by atoms with Gasteiger partial charge in [0.15, 0.2) is 0 Å². The Hall–Kier alpha value is -3.37. The largest absolute Gasteiger partial charge is 0.481 e. The van der Waals surface area contributed by atoms with Crippen molar-refractivity contribution in [3.8, 4) is 0 Å². The van der Waals surface area contributed by atoms with Crippen molar-refractivity contribution in [2.45, 2.75) is 18.4 Å². The lowest BCUT2D eigenvalue weighted by molar-refractivity contribution is -0.136. The number of aryl methyl sites for hydroxylation is 1. The Morgan fingerprint density at radius 1 is 0.800 bits per heavy atom. The highest BCUT2D eigenvalue weighted by molar-refractivity contribution is 5.85. The Labute approximate surface area is 182 Å². The van der Waals surface area contributed by atoms with Gasteiger partial charge in [0.25, 0.3) is 0 Å². The molecule has 1 N–H and O–H groups in total. The molecule has 0 aliphatic heterocycles. The van der Waals surface area contributed by atoms with E-state index < -0.39 is 11.5 Å². The van der Waals surface area contributed by atoms with Crippen LogP contribution >= 0.6 is 12.4 Å². The van der Waals surface area contributed by atoms with Gasteiger partial charge < -0.3 is 9.67 Å². The van der Waals surface area contributed by atoms with Gasteiger partial charge in [-0.2, -0.15) is 0 Å².